The summed E-state index contributed by atoms with van der Waals surface area (Å²) in [5.41, 5.74) is -0.107. The van der Waals surface area contributed by atoms with Crippen molar-refractivity contribution in [3.63, 3.8) is 0 Å². The van der Waals surface area contributed by atoms with E-state index in [-0.39, 0.29) is 18.9 Å². The van der Waals surface area contributed by atoms with Gasteiger partial charge in [0.2, 0.25) is 5.91 Å². The van der Waals surface area contributed by atoms with Crippen LogP contribution in [-0.2, 0) is 4.79 Å². The number of rotatable bonds is 3. The second kappa shape index (κ2) is 6.11. The minimum absolute atomic E-state index is 0.153. The molecule has 2 saturated heterocycles. The van der Waals surface area contributed by atoms with Gasteiger partial charge < -0.3 is 0 Å². The third-order valence-electron chi connectivity index (χ3n) is 5.12. The summed E-state index contributed by atoms with van der Waals surface area (Å²) < 4.78 is 27.5. The standard InChI is InChI=1S/C16H22F2N4O/c1-3-16(14(17)18)6-4-7-21-8-5-13(22(21)15(16)23)12-10-19-11(2)9-20-12/h9-10,13-14H,3-8H2,1-2H3/t13-,16-/m0/s1. The van der Waals surface area contributed by atoms with Gasteiger partial charge in [0.15, 0.2) is 0 Å². The maximum Gasteiger partial charge on any atom is 0.252 e. The Balaban J connectivity index is 1.97. The molecule has 5 nitrogen and oxygen atoms in total. The number of aryl methyl sites for hydroxylation is 1. The number of fused-ring (bicyclic) bond motifs is 1. The molecule has 7 heteroatoms. The molecule has 0 N–H and O–H groups in total. The quantitative estimate of drug-likeness (QED) is 0.858. The summed E-state index contributed by atoms with van der Waals surface area (Å²) in [5.74, 6) is -0.461. The van der Waals surface area contributed by atoms with Crippen molar-refractivity contribution in [3.8, 4) is 0 Å². The highest BCUT2D eigenvalue weighted by atomic mass is 19.3. The van der Waals surface area contributed by atoms with E-state index < -0.39 is 17.7 Å². The average Bonchev–Trinajstić information content (AvgIpc) is 2.89. The molecule has 1 aromatic rings. The van der Waals surface area contributed by atoms with Crippen LogP contribution < -0.4 is 0 Å². The highest BCUT2D eigenvalue weighted by Gasteiger charge is 2.53. The van der Waals surface area contributed by atoms with Crippen molar-refractivity contribution in [2.75, 3.05) is 13.1 Å². The predicted octanol–water partition coefficient (Wildman–Crippen LogP) is 2.73. The third-order valence-corrected chi connectivity index (χ3v) is 5.12. The van der Waals surface area contributed by atoms with Crippen molar-refractivity contribution in [1.82, 2.24) is 20.0 Å². The Labute approximate surface area is 134 Å². The van der Waals surface area contributed by atoms with Crippen molar-refractivity contribution >= 4 is 5.91 Å². The lowest BCUT2D eigenvalue weighted by Gasteiger charge is -2.37. The van der Waals surface area contributed by atoms with E-state index in [4.69, 9.17) is 0 Å². The van der Waals surface area contributed by atoms with Gasteiger partial charge in [0.1, 0.15) is 5.41 Å². The minimum atomic E-state index is -2.65. The Hall–Kier alpha value is -1.63. The van der Waals surface area contributed by atoms with Gasteiger partial charge in [-0.15, -0.1) is 0 Å². The van der Waals surface area contributed by atoms with E-state index in [0.717, 1.165) is 5.69 Å². The molecule has 0 unspecified atom stereocenters. The molecule has 0 spiro atoms. The lowest BCUT2D eigenvalue weighted by Crippen LogP contribution is -2.50. The van der Waals surface area contributed by atoms with Crippen LogP contribution in [0, 0.1) is 12.3 Å². The molecule has 3 rings (SSSR count). The largest absolute Gasteiger partial charge is 0.273 e. The second-order valence-electron chi connectivity index (χ2n) is 6.40. The number of nitrogens with zero attached hydrogens (tertiary/aromatic N) is 4. The van der Waals surface area contributed by atoms with Crippen molar-refractivity contribution in [2.45, 2.75) is 52.0 Å². The molecule has 2 aliphatic heterocycles. The van der Waals surface area contributed by atoms with Crippen molar-refractivity contribution in [2.24, 2.45) is 5.41 Å². The molecule has 2 aliphatic rings. The molecule has 0 saturated carbocycles. The normalized spacial score (nSPS) is 29.0. The molecular weight excluding hydrogens is 302 g/mol. The van der Waals surface area contributed by atoms with Gasteiger partial charge in [-0.05, 0) is 32.6 Å². The monoisotopic (exact) mass is 324 g/mol. The zero-order valence-electron chi connectivity index (χ0n) is 13.5. The number of amides is 1. The summed E-state index contributed by atoms with van der Waals surface area (Å²) in [6, 6.07) is -0.293. The maximum atomic E-state index is 13.8. The summed E-state index contributed by atoms with van der Waals surface area (Å²) in [6.07, 6.45) is 2.35. The SMILES string of the molecule is CC[C@@]1(C(F)F)CCCN2CC[C@@H](c3cnc(C)cn3)N2C1=O. The number of carbonyl (C=O) groups excluding carboxylic acids is 1. The fourth-order valence-corrected chi connectivity index (χ4v) is 3.63. The van der Waals surface area contributed by atoms with E-state index in [2.05, 4.69) is 9.97 Å². The first-order valence-electron chi connectivity index (χ1n) is 8.15. The predicted molar refractivity (Wildman–Crippen MR) is 80.5 cm³/mol. The lowest BCUT2D eigenvalue weighted by atomic mass is 9.79. The summed E-state index contributed by atoms with van der Waals surface area (Å²) in [5, 5.41) is 3.45. The smallest absolute Gasteiger partial charge is 0.252 e. The van der Waals surface area contributed by atoms with Gasteiger partial charge in [-0.2, -0.15) is 0 Å². The molecule has 23 heavy (non-hydrogen) atoms. The third kappa shape index (κ3) is 2.60. The molecule has 0 aromatic carbocycles. The Morgan fingerprint density at radius 3 is 2.74 bits per heavy atom. The van der Waals surface area contributed by atoms with Gasteiger partial charge in [0.25, 0.3) is 6.43 Å². The number of hydrazine groups is 1. The topological polar surface area (TPSA) is 49.3 Å². The van der Waals surface area contributed by atoms with Crippen LogP contribution in [0.5, 0.6) is 0 Å². The Morgan fingerprint density at radius 2 is 2.13 bits per heavy atom. The van der Waals surface area contributed by atoms with Gasteiger partial charge in [0.05, 0.1) is 23.6 Å². The highest BCUT2D eigenvalue weighted by Crippen LogP contribution is 2.44. The molecule has 2 atom stereocenters. The molecule has 0 bridgehead atoms. The number of halogens is 2. The highest BCUT2D eigenvalue weighted by molar-refractivity contribution is 5.83. The first-order valence-corrected chi connectivity index (χ1v) is 8.15. The van der Waals surface area contributed by atoms with Gasteiger partial charge in [0, 0.05) is 19.3 Å². The molecule has 0 aliphatic carbocycles. The van der Waals surface area contributed by atoms with E-state index >= 15 is 0 Å². The van der Waals surface area contributed by atoms with Gasteiger partial charge in [-0.3, -0.25) is 19.8 Å². The van der Waals surface area contributed by atoms with E-state index in [1.807, 2.05) is 11.9 Å². The summed E-state index contributed by atoms with van der Waals surface area (Å²) in [7, 11) is 0. The molecule has 1 amide bonds. The van der Waals surface area contributed by atoms with Crippen molar-refractivity contribution < 1.29 is 13.6 Å². The van der Waals surface area contributed by atoms with Crippen LogP contribution in [0.3, 0.4) is 0 Å². The fourth-order valence-electron chi connectivity index (χ4n) is 3.63. The molecule has 3 heterocycles. The van der Waals surface area contributed by atoms with E-state index in [0.29, 0.717) is 31.6 Å². The van der Waals surface area contributed by atoms with Gasteiger partial charge >= 0.3 is 0 Å². The van der Waals surface area contributed by atoms with Crippen LogP contribution in [0.4, 0.5) is 8.78 Å². The van der Waals surface area contributed by atoms with Crippen molar-refractivity contribution in [3.05, 3.63) is 23.8 Å². The number of hydrogen-bond acceptors (Lipinski definition) is 4. The van der Waals surface area contributed by atoms with Gasteiger partial charge in [-0.1, -0.05) is 6.92 Å². The molecule has 1 aromatic heterocycles. The Bertz CT molecular complexity index is 580. The van der Waals surface area contributed by atoms with Gasteiger partial charge in [-0.25, -0.2) is 13.8 Å². The Morgan fingerprint density at radius 1 is 1.35 bits per heavy atom. The van der Waals surface area contributed by atoms with E-state index in [1.54, 1.807) is 24.3 Å². The van der Waals surface area contributed by atoms with Crippen LogP contribution in [0.2, 0.25) is 0 Å². The zero-order chi connectivity index (χ0) is 16.6. The second-order valence-corrected chi connectivity index (χ2v) is 6.40. The average molecular weight is 324 g/mol. The molecule has 2 fully saturated rings. The molecule has 126 valence electrons. The summed E-state index contributed by atoms with van der Waals surface area (Å²) in [6.45, 7) is 4.84. The first-order chi connectivity index (χ1) is 11.0. The number of hydrogen-bond donors (Lipinski definition) is 0. The van der Waals surface area contributed by atoms with Crippen LogP contribution >= 0.6 is 0 Å². The first kappa shape index (κ1) is 16.2. The Kier molecular flexibility index (Phi) is 4.31. The maximum absolute atomic E-state index is 13.8. The molecule has 0 radical (unpaired) electrons. The van der Waals surface area contributed by atoms with E-state index in [1.165, 1.54) is 0 Å². The summed E-state index contributed by atoms with van der Waals surface area (Å²) >= 11 is 0. The molecular formula is C16H22F2N4O. The van der Waals surface area contributed by atoms with Crippen molar-refractivity contribution in [1.29, 1.82) is 0 Å². The van der Waals surface area contributed by atoms with Crippen LogP contribution in [0.1, 0.15) is 50.0 Å². The lowest BCUT2D eigenvalue weighted by molar-refractivity contribution is -0.166. The van der Waals surface area contributed by atoms with Crippen LogP contribution in [0.15, 0.2) is 12.4 Å². The number of carbonyl (C=O) groups is 1. The van der Waals surface area contributed by atoms with Crippen LogP contribution in [-0.4, -0.2) is 45.4 Å². The minimum Gasteiger partial charge on any atom is -0.273 e. The van der Waals surface area contributed by atoms with Crippen LogP contribution in [0.25, 0.3) is 0 Å². The number of alkyl halides is 2. The number of aromatic nitrogens is 2. The fraction of sp³-hybridized carbons (Fsp3) is 0.688. The summed E-state index contributed by atoms with van der Waals surface area (Å²) in [4.78, 5) is 21.6. The zero-order valence-corrected chi connectivity index (χ0v) is 13.5. The van der Waals surface area contributed by atoms with E-state index in [9.17, 15) is 13.6 Å².